The van der Waals surface area contributed by atoms with E-state index in [2.05, 4.69) is 26.1 Å². The molecule has 1 unspecified atom stereocenters. The fourth-order valence-electron chi connectivity index (χ4n) is 0.937. The highest BCUT2D eigenvalue weighted by molar-refractivity contribution is 4.63. The monoisotopic (exact) mass is 173 g/mol. The van der Waals surface area contributed by atoms with Gasteiger partial charge in [0.05, 0.1) is 0 Å². The average Bonchev–Trinajstić information content (AvgIpc) is 2.03. The molecule has 74 valence electrons. The highest BCUT2D eigenvalue weighted by atomic mass is 16.5. The summed E-state index contributed by atoms with van der Waals surface area (Å²) in [5.41, 5.74) is 0. The number of hydrogen-bond donors (Lipinski definition) is 1. The fourth-order valence-corrected chi connectivity index (χ4v) is 0.937. The largest absolute Gasteiger partial charge is 0.385 e. The molecule has 0 radical (unpaired) electrons. The summed E-state index contributed by atoms with van der Waals surface area (Å²) < 4.78 is 4.97. The number of unbranched alkanes of at least 4 members (excludes halogenated alkanes) is 1. The molecule has 0 aromatic heterocycles. The SMILES string of the molecule is COCCCCNC(C)C(C)C. The van der Waals surface area contributed by atoms with Crippen molar-refractivity contribution in [2.75, 3.05) is 20.3 Å². The van der Waals surface area contributed by atoms with Crippen molar-refractivity contribution < 1.29 is 4.74 Å². The molecule has 1 atom stereocenters. The quantitative estimate of drug-likeness (QED) is 0.595. The smallest absolute Gasteiger partial charge is 0.0462 e. The third kappa shape index (κ3) is 6.62. The van der Waals surface area contributed by atoms with Crippen LogP contribution in [-0.2, 0) is 4.74 Å². The van der Waals surface area contributed by atoms with E-state index < -0.39 is 0 Å². The van der Waals surface area contributed by atoms with Gasteiger partial charge in [0, 0.05) is 19.8 Å². The molecule has 0 spiro atoms. The summed E-state index contributed by atoms with van der Waals surface area (Å²) in [7, 11) is 1.75. The molecule has 12 heavy (non-hydrogen) atoms. The van der Waals surface area contributed by atoms with Gasteiger partial charge in [-0.05, 0) is 32.2 Å². The Morgan fingerprint density at radius 2 is 1.83 bits per heavy atom. The number of ether oxygens (including phenoxy) is 1. The highest BCUT2D eigenvalue weighted by Crippen LogP contribution is 1.99. The van der Waals surface area contributed by atoms with Gasteiger partial charge in [-0.3, -0.25) is 0 Å². The normalized spacial score (nSPS) is 13.8. The van der Waals surface area contributed by atoms with Crippen LogP contribution in [0.15, 0.2) is 0 Å². The Morgan fingerprint density at radius 1 is 1.17 bits per heavy atom. The van der Waals surface area contributed by atoms with Gasteiger partial charge in [-0.25, -0.2) is 0 Å². The summed E-state index contributed by atoms with van der Waals surface area (Å²) in [5.74, 6) is 0.729. The molecule has 0 aliphatic heterocycles. The fraction of sp³-hybridized carbons (Fsp3) is 1.00. The van der Waals surface area contributed by atoms with Crippen molar-refractivity contribution in [2.45, 2.75) is 39.7 Å². The Kier molecular flexibility index (Phi) is 7.51. The second-order valence-electron chi connectivity index (χ2n) is 3.69. The van der Waals surface area contributed by atoms with E-state index in [1.165, 1.54) is 6.42 Å². The van der Waals surface area contributed by atoms with Crippen molar-refractivity contribution in [3.05, 3.63) is 0 Å². The Balaban J connectivity index is 3.08. The molecule has 2 heteroatoms. The van der Waals surface area contributed by atoms with Crippen molar-refractivity contribution in [1.82, 2.24) is 5.32 Å². The lowest BCUT2D eigenvalue weighted by atomic mass is 10.1. The van der Waals surface area contributed by atoms with Gasteiger partial charge in [-0.2, -0.15) is 0 Å². The molecule has 0 aromatic rings. The molecule has 0 amide bonds. The minimum Gasteiger partial charge on any atom is -0.385 e. The minimum atomic E-state index is 0.632. The van der Waals surface area contributed by atoms with E-state index in [0.717, 1.165) is 25.5 Å². The molecule has 0 saturated carbocycles. The molecule has 0 aromatic carbocycles. The maximum atomic E-state index is 4.97. The number of methoxy groups -OCH3 is 1. The zero-order chi connectivity index (χ0) is 9.40. The topological polar surface area (TPSA) is 21.3 Å². The Labute approximate surface area is 76.7 Å². The second kappa shape index (κ2) is 7.56. The third-order valence-corrected chi connectivity index (χ3v) is 2.24. The van der Waals surface area contributed by atoms with Crippen molar-refractivity contribution in [3.63, 3.8) is 0 Å². The summed E-state index contributed by atoms with van der Waals surface area (Å²) in [4.78, 5) is 0. The van der Waals surface area contributed by atoms with Gasteiger partial charge in [0.25, 0.3) is 0 Å². The lowest BCUT2D eigenvalue weighted by Crippen LogP contribution is -2.31. The van der Waals surface area contributed by atoms with Crippen molar-refractivity contribution in [1.29, 1.82) is 0 Å². The molecule has 0 bridgehead atoms. The van der Waals surface area contributed by atoms with Crippen molar-refractivity contribution >= 4 is 0 Å². The summed E-state index contributed by atoms with van der Waals surface area (Å²) >= 11 is 0. The maximum Gasteiger partial charge on any atom is 0.0462 e. The van der Waals surface area contributed by atoms with E-state index in [0.29, 0.717) is 6.04 Å². The molecule has 0 aliphatic carbocycles. The van der Waals surface area contributed by atoms with Crippen LogP contribution in [0.5, 0.6) is 0 Å². The van der Waals surface area contributed by atoms with Gasteiger partial charge >= 0.3 is 0 Å². The maximum absolute atomic E-state index is 4.97. The lowest BCUT2D eigenvalue weighted by molar-refractivity contribution is 0.192. The molecule has 2 nitrogen and oxygen atoms in total. The predicted molar refractivity (Wildman–Crippen MR) is 53.4 cm³/mol. The van der Waals surface area contributed by atoms with Crippen molar-refractivity contribution in [3.8, 4) is 0 Å². The average molecular weight is 173 g/mol. The zero-order valence-electron chi connectivity index (χ0n) is 8.89. The molecular formula is C10H23NO. The predicted octanol–water partition coefficient (Wildman–Crippen LogP) is 2.05. The van der Waals surface area contributed by atoms with E-state index >= 15 is 0 Å². The molecular weight excluding hydrogens is 150 g/mol. The molecule has 1 N–H and O–H groups in total. The van der Waals surface area contributed by atoms with Crippen LogP contribution in [-0.4, -0.2) is 26.3 Å². The second-order valence-corrected chi connectivity index (χ2v) is 3.69. The number of rotatable bonds is 7. The first-order valence-corrected chi connectivity index (χ1v) is 4.90. The van der Waals surface area contributed by atoms with Crippen LogP contribution in [0.25, 0.3) is 0 Å². The zero-order valence-corrected chi connectivity index (χ0v) is 8.89. The Bertz CT molecular complexity index is 93.8. The van der Waals surface area contributed by atoms with Crippen LogP contribution in [0.1, 0.15) is 33.6 Å². The third-order valence-electron chi connectivity index (χ3n) is 2.24. The first-order valence-electron chi connectivity index (χ1n) is 4.90. The van der Waals surface area contributed by atoms with E-state index in [-0.39, 0.29) is 0 Å². The van der Waals surface area contributed by atoms with Crippen LogP contribution < -0.4 is 5.32 Å². The first kappa shape index (κ1) is 11.9. The van der Waals surface area contributed by atoms with Gasteiger partial charge in [0.1, 0.15) is 0 Å². The van der Waals surface area contributed by atoms with Crippen LogP contribution in [0.4, 0.5) is 0 Å². The van der Waals surface area contributed by atoms with Crippen LogP contribution >= 0.6 is 0 Å². The Hall–Kier alpha value is -0.0800. The Morgan fingerprint density at radius 3 is 2.33 bits per heavy atom. The molecule has 0 fully saturated rings. The van der Waals surface area contributed by atoms with E-state index in [1.807, 2.05) is 0 Å². The van der Waals surface area contributed by atoms with Gasteiger partial charge in [-0.1, -0.05) is 13.8 Å². The van der Waals surface area contributed by atoms with Gasteiger partial charge in [-0.15, -0.1) is 0 Å². The summed E-state index contributed by atoms with van der Waals surface area (Å²) in [6.45, 7) is 8.72. The summed E-state index contributed by atoms with van der Waals surface area (Å²) in [6, 6.07) is 0.632. The molecule has 0 aliphatic rings. The summed E-state index contributed by atoms with van der Waals surface area (Å²) in [5, 5.41) is 3.49. The standard InChI is InChI=1S/C10H23NO/c1-9(2)10(3)11-7-5-6-8-12-4/h9-11H,5-8H2,1-4H3. The van der Waals surface area contributed by atoms with Crippen LogP contribution in [0.3, 0.4) is 0 Å². The van der Waals surface area contributed by atoms with Gasteiger partial charge in [0.15, 0.2) is 0 Å². The van der Waals surface area contributed by atoms with Crippen molar-refractivity contribution in [2.24, 2.45) is 5.92 Å². The van der Waals surface area contributed by atoms with Gasteiger partial charge < -0.3 is 10.1 Å². The number of hydrogen-bond acceptors (Lipinski definition) is 2. The van der Waals surface area contributed by atoms with E-state index in [4.69, 9.17) is 4.74 Å². The van der Waals surface area contributed by atoms with Crippen LogP contribution in [0, 0.1) is 5.92 Å². The lowest BCUT2D eigenvalue weighted by Gasteiger charge is -2.16. The van der Waals surface area contributed by atoms with Gasteiger partial charge in [0.2, 0.25) is 0 Å². The minimum absolute atomic E-state index is 0.632. The first-order chi connectivity index (χ1) is 5.68. The van der Waals surface area contributed by atoms with Crippen LogP contribution in [0.2, 0.25) is 0 Å². The number of nitrogens with one attached hydrogen (secondary N) is 1. The molecule has 0 saturated heterocycles. The molecule has 0 heterocycles. The molecule has 0 rings (SSSR count). The van der Waals surface area contributed by atoms with E-state index in [9.17, 15) is 0 Å². The summed E-state index contributed by atoms with van der Waals surface area (Å²) in [6.07, 6.45) is 2.37. The highest BCUT2D eigenvalue weighted by Gasteiger charge is 2.04. The van der Waals surface area contributed by atoms with E-state index in [1.54, 1.807) is 7.11 Å².